The van der Waals surface area contributed by atoms with E-state index >= 15 is 0 Å². The number of nitrogen functional groups attached to an aromatic ring is 1. The third kappa shape index (κ3) is 3.87. The zero-order valence-corrected chi connectivity index (χ0v) is 12.2. The molecule has 4 N–H and O–H groups in total. The number of halogens is 2. The van der Waals surface area contributed by atoms with Crippen LogP contribution < -0.4 is 11.2 Å². The molecule has 0 atom stereocenters. The smallest absolute Gasteiger partial charge is 0.271 e. The van der Waals surface area contributed by atoms with Crippen LogP contribution in [0.1, 0.15) is 15.9 Å². The van der Waals surface area contributed by atoms with Gasteiger partial charge in [0.05, 0.1) is 11.2 Å². The summed E-state index contributed by atoms with van der Waals surface area (Å²) in [6, 6.07) is 9.26. The Hall–Kier alpha value is -2.24. The molecule has 0 bridgehead atoms. The standard InChI is InChI=1S/C14H11Cl2N3O2/c15-10-5-9(13(20)12(16)6-10)7-18-19-14(21)8-1-3-11(17)4-2-8/h1-7,20H,17H2,(H,19,21). The molecule has 2 aromatic carbocycles. The summed E-state index contributed by atoms with van der Waals surface area (Å²) in [7, 11) is 0. The topological polar surface area (TPSA) is 87.7 Å². The first-order chi connectivity index (χ1) is 9.97. The summed E-state index contributed by atoms with van der Waals surface area (Å²) < 4.78 is 0. The molecular weight excluding hydrogens is 313 g/mol. The van der Waals surface area contributed by atoms with Crippen molar-refractivity contribution in [2.75, 3.05) is 5.73 Å². The van der Waals surface area contributed by atoms with E-state index < -0.39 is 5.91 Å². The summed E-state index contributed by atoms with van der Waals surface area (Å²) in [5, 5.41) is 13.9. The van der Waals surface area contributed by atoms with Crippen molar-refractivity contribution in [3.8, 4) is 5.75 Å². The van der Waals surface area contributed by atoms with Crippen LogP contribution >= 0.6 is 23.2 Å². The van der Waals surface area contributed by atoms with E-state index in [0.717, 1.165) is 0 Å². The predicted molar refractivity (Wildman–Crippen MR) is 84.0 cm³/mol. The van der Waals surface area contributed by atoms with Gasteiger partial charge in [0, 0.05) is 21.8 Å². The maximum Gasteiger partial charge on any atom is 0.271 e. The van der Waals surface area contributed by atoms with Crippen LogP contribution in [0.5, 0.6) is 5.75 Å². The van der Waals surface area contributed by atoms with Crippen LogP contribution in [0, 0.1) is 0 Å². The maximum absolute atomic E-state index is 11.8. The van der Waals surface area contributed by atoms with E-state index in [9.17, 15) is 9.90 Å². The van der Waals surface area contributed by atoms with Crippen LogP contribution in [0.3, 0.4) is 0 Å². The van der Waals surface area contributed by atoms with Crippen LogP contribution in [-0.2, 0) is 0 Å². The number of carbonyl (C=O) groups is 1. The number of benzene rings is 2. The van der Waals surface area contributed by atoms with Gasteiger partial charge in [0.1, 0.15) is 5.75 Å². The molecule has 7 heteroatoms. The lowest BCUT2D eigenvalue weighted by Gasteiger charge is -2.03. The second-order valence-corrected chi connectivity index (χ2v) is 4.99. The summed E-state index contributed by atoms with van der Waals surface area (Å²) in [6.45, 7) is 0. The minimum Gasteiger partial charge on any atom is -0.506 e. The number of hydrogen-bond donors (Lipinski definition) is 3. The monoisotopic (exact) mass is 323 g/mol. The molecule has 0 aliphatic heterocycles. The average Bonchev–Trinajstić information content (AvgIpc) is 2.44. The van der Waals surface area contributed by atoms with Gasteiger partial charge >= 0.3 is 0 Å². The van der Waals surface area contributed by atoms with Crippen molar-refractivity contribution < 1.29 is 9.90 Å². The normalized spacial score (nSPS) is 10.8. The number of nitrogens with zero attached hydrogens (tertiary/aromatic N) is 1. The summed E-state index contributed by atoms with van der Waals surface area (Å²) >= 11 is 11.6. The van der Waals surface area contributed by atoms with Gasteiger partial charge < -0.3 is 10.8 Å². The summed E-state index contributed by atoms with van der Waals surface area (Å²) in [5.74, 6) is -0.564. The van der Waals surface area contributed by atoms with Gasteiger partial charge in [-0.3, -0.25) is 4.79 Å². The zero-order valence-electron chi connectivity index (χ0n) is 10.7. The third-order valence-electron chi connectivity index (χ3n) is 2.60. The van der Waals surface area contributed by atoms with Gasteiger partial charge in [-0.15, -0.1) is 0 Å². The number of carbonyl (C=O) groups excluding carboxylic acids is 1. The average molecular weight is 324 g/mol. The number of anilines is 1. The van der Waals surface area contributed by atoms with Gasteiger partial charge in [0.15, 0.2) is 0 Å². The molecule has 2 aromatic rings. The fraction of sp³-hybridized carbons (Fsp3) is 0. The molecule has 0 saturated heterocycles. The highest BCUT2D eigenvalue weighted by atomic mass is 35.5. The molecule has 0 heterocycles. The van der Waals surface area contributed by atoms with Crippen LogP contribution in [-0.4, -0.2) is 17.2 Å². The Morgan fingerprint density at radius 3 is 2.57 bits per heavy atom. The molecule has 0 spiro atoms. The molecule has 1 amide bonds. The number of nitrogens with two attached hydrogens (primary N) is 1. The van der Waals surface area contributed by atoms with Crippen molar-refractivity contribution in [3.63, 3.8) is 0 Å². The number of hydrogen-bond acceptors (Lipinski definition) is 4. The Morgan fingerprint density at radius 2 is 1.90 bits per heavy atom. The first kappa shape index (κ1) is 15.2. The fourth-order valence-corrected chi connectivity index (χ4v) is 2.05. The van der Waals surface area contributed by atoms with Crippen molar-refractivity contribution >= 4 is 41.0 Å². The summed E-state index contributed by atoms with van der Waals surface area (Å²) in [6.07, 6.45) is 1.25. The van der Waals surface area contributed by atoms with Gasteiger partial charge in [-0.2, -0.15) is 5.10 Å². The number of phenols is 1. The van der Waals surface area contributed by atoms with Crippen molar-refractivity contribution in [1.82, 2.24) is 5.43 Å². The van der Waals surface area contributed by atoms with Gasteiger partial charge in [-0.1, -0.05) is 23.2 Å². The highest BCUT2D eigenvalue weighted by molar-refractivity contribution is 6.36. The Labute approximate surface area is 131 Å². The lowest BCUT2D eigenvalue weighted by Crippen LogP contribution is -2.17. The minimum absolute atomic E-state index is 0.105. The van der Waals surface area contributed by atoms with E-state index in [0.29, 0.717) is 21.8 Å². The van der Waals surface area contributed by atoms with Crippen molar-refractivity contribution in [3.05, 3.63) is 57.6 Å². The van der Waals surface area contributed by atoms with Crippen LogP contribution in [0.2, 0.25) is 10.0 Å². The summed E-state index contributed by atoms with van der Waals surface area (Å²) in [5.41, 5.74) is 9.13. The first-order valence-electron chi connectivity index (χ1n) is 5.84. The fourth-order valence-electron chi connectivity index (χ4n) is 1.54. The number of nitrogens with one attached hydrogen (secondary N) is 1. The van der Waals surface area contributed by atoms with E-state index in [1.165, 1.54) is 18.3 Å². The highest BCUT2D eigenvalue weighted by Crippen LogP contribution is 2.29. The molecule has 21 heavy (non-hydrogen) atoms. The van der Waals surface area contributed by atoms with Gasteiger partial charge in [0.2, 0.25) is 0 Å². The van der Waals surface area contributed by atoms with Crippen molar-refractivity contribution in [1.29, 1.82) is 0 Å². The minimum atomic E-state index is -0.404. The van der Waals surface area contributed by atoms with Gasteiger partial charge in [0.25, 0.3) is 5.91 Å². The van der Waals surface area contributed by atoms with Crippen molar-refractivity contribution in [2.24, 2.45) is 5.10 Å². The largest absolute Gasteiger partial charge is 0.506 e. The molecule has 0 fully saturated rings. The van der Waals surface area contributed by atoms with Crippen LogP contribution in [0.15, 0.2) is 41.5 Å². The molecule has 0 saturated carbocycles. The number of aromatic hydroxyl groups is 1. The highest BCUT2D eigenvalue weighted by Gasteiger charge is 2.07. The lowest BCUT2D eigenvalue weighted by atomic mass is 10.2. The predicted octanol–water partition coefficient (Wildman–Crippen LogP) is 3.05. The summed E-state index contributed by atoms with van der Waals surface area (Å²) in [4.78, 5) is 11.8. The number of rotatable bonds is 3. The second-order valence-electron chi connectivity index (χ2n) is 4.15. The number of phenolic OH excluding ortho intramolecular Hbond substituents is 1. The van der Waals surface area contributed by atoms with Crippen LogP contribution in [0.4, 0.5) is 5.69 Å². The molecular formula is C14H11Cl2N3O2. The van der Waals surface area contributed by atoms with Crippen LogP contribution in [0.25, 0.3) is 0 Å². The SMILES string of the molecule is Nc1ccc(C(=O)NN=Cc2cc(Cl)cc(Cl)c2O)cc1. The Balaban J connectivity index is 2.09. The van der Waals surface area contributed by atoms with Gasteiger partial charge in [-0.25, -0.2) is 5.43 Å². The molecule has 0 unspecified atom stereocenters. The quantitative estimate of drug-likeness (QED) is 0.461. The molecule has 2 rings (SSSR count). The van der Waals surface area contributed by atoms with E-state index in [-0.39, 0.29) is 10.8 Å². The van der Waals surface area contributed by atoms with E-state index in [1.807, 2.05) is 0 Å². The van der Waals surface area contributed by atoms with E-state index in [2.05, 4.69) is 10.5 Å². The molecule has 108 valence electrons. The van der Waals surface area contributed by atoms with Gasteiger partial charge in [-0.05, 0) is 36.4 Å². The lowest BCUT2D eigenvalue weighted by molar-refractivity contribution is 0.0955. The second kappa shape index (κ2) is 6.47. The maximum atomic E-state index is 11.8. The van der Waals surface area contributed by atoms with Crippen molar-refractivity contribution in [2.45, 2.75) is 0 Å². The Bertz CT molecular complexity index is 700. The Kier molecular flexibility index (Phi) is 4.67. The molecule has 0 aliphatic rings. The third-order valence-corrected chi connectivity index (χ3v) is 3.11. The number of hydrazone groups is 1. The zero-order chi connectivity index (χ0) is 15.4. The number of amides is 1. The molecule has 0 radical (unpaired) electrons. The first-order valence-corrected chi connectivity index (χ1v) is 6.60. The molecule has 5 nitrogen and oxygen atoms in total. The Morgan fingerprint density at radius 1 is 1.24 bits per heavy atom. The van der Waals surface area contributed by atoms with E-state index in [1.54, 1.807) is 24.3 Å². The molecule has 0 aromatic heterocycles. The van der Waals surface area contributed by atoms with E-state index in [4.69, 9.17) is 28.9 Å². The molecule has 0 aliphatic carbocycles.